The molecule has 2 fully saturated rings. The van der Waals surface area contributed by atoms with Crippen molar-refractivity contribution in [3.8, 4) is 0 Å². The summed E-state index contributed by atoms with van der Waals surface area (Å²) < 4.78 is 0. The van der Waals surface area contributed by atoms with Gasteiger partial charge in [0.25, 0.3) is 0 Å². The lowest BCUT2D eigenvalue weighted by Crippen LogP contribution is -2.49. The highest BCUT2D eigenvalue weighted by Gasteiger charge is 2.32. The van der Waals surface area contributed by atoms with Gasteiger partial charge in [-0.3, -0.25) is 0 Å². The summed E-state index contributed by atoms with van der Waals surface area (Å²) in [5.74, 6) is 1.09. The van der Waals surface area contributed by atoms with Crippen molar-refractivity contribution in [2.45, 2.75) is 59.1 Å². The van der Waals surface area contributed by atoms with Crippen molar-refractivity contribution in [2.24, 2.45) is 17.3 Å². The van der Waals surface area contributed by atoms with Crippen LogP contribution in [0.2, 0.25) is 0 Å². The number of nitrogens with one attached hydrogen (secondary N) is 2. The number of aliphatic hydroxyl groups is 1. The molecule has 2 unspecified atom stereocenters. The van der Waals surface area contributed by atoms with E-state index < -0.39 is 6.10 Å². The second-order valence-electron chi connectivity index (χ2n) is 8.19. The highest BCUT2D eigenvalue weighted by atomic mass is 16.3. The van der Waals surface area contributed by atoms with Crippen LogP contribution in [0.4, 0.5) is 4.79 Å². The Morgan fingerprint density at radius 3 is 2.59 bits per heavy atom. The van der Waals surface area contributed by atoms with E-state index in [4.69, 9.17) is 0 Å². The quantitative estimate of drug-likeness (QED) is 0.672. The zero-order valence-corrected chi connectivity index (χ0v) is 14.6. The topological polar surface area (TPSA) is 64.6 Å². The van der Waals surface area contributed by atoms with E-state index in [1.807, 2.05) is 27.7 Å². The average molecular weight is 311 g/mol. The minimum absolute atomic E-state index is 0.109. The van der Waals surface area contributed by atoms with E-state index in [-0.39, 0.29) is 23.4 Å². The van der Waals surface area contributed by atoms with Crippen LogP contribution in [0.3, 0.4) is 0 Å². The summed E-state index contributed by atoms with van der Waals surface area (Å²) >= 11 is 0. The first kappa shape index (κ1) is 17.5. The molecule has 1 aliphatic carbocycles. The Kier molecular flexibility index (Phi) is 5.72. The Labute approximate surface area is 134 Å². The molecule has 22 heavy (non-hydrogen) atoms. The molecule has 2 rings (SSSR count). The predicted octanol–water partition coefficient (Wildman–Crippen LogP) is 1.81. The summed E-state index contributed by atoms with van der Waals surface area (Å²) in [5, 5.41) is 16.2. The van der Waals surface area contributed by atoms with Gasteiger partial charge in [0.15, 0.2) is 0 Å². The highest BCUT2D eigenvalue weighted by Crippen LogP contribution is 2.30. The van der Waals surface area contributed by atoms with Crippen molar-refractivity contribution in [1.29, 1.82) is 0 Å². The number of urea groups is 1. The van der Waals surface area contributed by atoms with Crippen LogP contribution in [0.5, 0.6) is 0 Å². The number of likely N-dealkylation sites (tertiary alicyclic amines) is 1. The molecule has 2 atom stereocenters. The minimum Gasteiger partial charge on any atom is -0.392 e. The first-order valence-corrected chi connectivity index (χ1v) is 8.72. The lowest BCUT2D eigenvalue weighted by atomic mass is 9.81. The van der Waals surface area contributed by atoms with E-state index in [0.717, 1.165) is 25.4 Å². The predicted molar refractivity (Wildman–Crippen MR) is 88.7 cm³/mol. The maximum Gasteiger partial charge on any atom is 0.315 e. The van der Waals surface area contributed by atoms with E-state index in [9.17, 15) is 9.90 Å². The molecule has 1 aliphatic heterocycles. The second kappa shape index (κ2) is 7.18. The first-order chi connectivity index (χ1) is 10.3. The summed E-state index contributed by atoms with van der Waals surface area (Å²) in [7, 11) is 0. The van der Waals surface area contributed by atoms with Crippen molar-refractivity contribution in [1.82, 2.24) is 15.5 Å². The van der Waals surface area contributed by atoms with Gasteiger partial charge in [-0.2, -0.15) is 0 Å². The van der Waals surface area contributed by atoms with Gasteiger partial charge in [0.2, 0.25) is 0 Å². The van der Waals surface area contributed by atoms with Gasteiger partial charge < -0.3 is 20.6 Å². The minimum atomic E-state index is -0.423. The lowest BCUT2D eigenvalue weighted by Gasteiger charge is -2.33. The van der Waals surface area contributed by atoms with Gasteiger partial charge in [-0.25, -0.2) is 4.79 Å². The number of hydrogen-bond donors (Lipinski definition) is 3. The first-order valence-electron chi connectivity index (χ1n) is 8.72. The fourth-order valence-corrected chi connectivity index (χ4v) is 3.33. The van der Waals surface area contributed by atoms with E-state index in [2.05, 4.69) is 15.5 Å². The third-order valence-corrected chi connectivity index (χ3v) is 4.96. The number of carbonyl (C=O) groups excluding carboxylic acids is 1. The van der Waals surface area contributed by atoms with Crippen LogP contribution < -0.4 is 10.6 Å². The average Bonchev–Trinajstić information content (AvgIpc) is 3.15. The maximum absolute atomic E-state index is 12.1. The molecule has 1 saturated carbocycles. The van der Waals surface area contributed by atoms with Crippen molar-refractivity contribution in [3.63, 3.8) is 0 Å². The molecular formula is C17H33N3O2. The molecular weight excluding hydrogens is 278 g/mol. The molecule has 1 heterocycles. The van der Waals surface area contributed by atoms with E-state index >= 15 is 0 Å². The van der Waals surface area contributed by atoms with Crippen LogP contribution in [-0.2, 0) is 0 Å². The normalized spacial score (nSPS) is 24.5. The van der Waals surface area contributed by atoms with Crippen LogP contribution in [0.15, 0.2) is 0 Å². The third-order valence-electron chi connectivity index (χ3n) is 4.96. The van der Waals surface area contributed by atoms with Gasteiger partial charge in [-0.05, 0) is 31.1 Å². The van der Waals surface area contributed by atoms with E-state index in [1.165, 1.54) is 19.4 Å². The molecule has 2 aliphatic rings. The third kappa shape index (κ3) is 5.13. The Morgan fingerprint density at radius 1 is 1.32 bits per heavy atom. The van der Waals surface area contributed by atoms with Gasteiger partial charge in [0.05, 0.1) is 6.10 Å². The van der Waals surface area contributed by atoms with E-state index in [1.54, 1.807) is 0 Å². The highest BCUT2D eigenvalue weighted by molar-refractivity contribution is 5.74. The van der Waals surface area contributed by atoms with Crippen LogP contribution in [0, 0.1) is 17.3 Å². The van der Waals surface area contributed by atoms with Gasteiger partial charge in [-0.1, -0.05) is 27.7 Å². The second-order valence-corrected chi connectivity index (χ2v) is 8.19. The number of rotatable bonds is 7. The molecule has 2 amide bonds. The number of hydrogen-bond acceptors (Lipinski definition) is 3. The lowest BCUT2D eigenvalue weighted by molar-refractivity contribution is 0.0151. The van der Waals surface area contributed by atoms with Crippen molar-refractivity contribution in [3.05, 3.63) is 0 Å². The molecule has 1 saturated heterocycles. The summed E-state index contributed by atoms with van der Waals surface area (Å²) in [6.07, 6.45) is 3.37. The Hall–Kier alpha value is -0.810. The SMILES string of the molecule is CC(C)C(O)C(C)(C)CNC(=O)NC1CCN(CC2CC2)C1. The maximum atomic E-state index is 12.1. The van der Waals surface area contributed by atoms with Gasteiger partial charge in [0, 0.05) is 37.6 Å². The summed E-state index contributed by atoms with van der Waals surface area (Å²) in [4.78, 5) is 14.5. The standard InChI is InChI=1S/C17H33N3O2/c1-12(2)15(21)17(3,4)11-18-16(22)19-14-7-8-20(10-14)9-13-5-6-13/h12-15,21H,5-11H2,1-4H3,(H2,18,19,22). The van der Waals surface area contributed by atoms with Gasteiger partial charge in [0.1, 0.15) is 0 Å². The van der Waals surface area contributed by atoms with Gasteiger partial charge in [-0.15, -0.1) is 0 Å². The molecule has 128 valence electrons. The van der Waals surface area contributed by atoms with Crippen LogP contribution >= 0.6 is 0 Å². The number of carbonyl (C=O) groups is 1. The van der Waals surface area contributed by atoms with Crippen molar-refractivity contribution < 1.29 is 9.90 Å². The Bertz CT molecular complexity index is 380. The Morgan fingerprint density at radius 2 is 2.00 bits per heavy atom. The smallest absolute Gasteiger partial charge is 0.315 e. The monoisotopic (exact) mass is 311 g/mol. The van der Waals surface area contributed by atoms with Crippen LogP contribution in [0.25, 0.3) is 0 Å². The van der Waals surface area contributed by atoms with Gasteiger partial charge >= 0.3 is 6.03 Å². The zero-order chi connectivity index (χ0) is 16.3. The molecule has 0 bridgehead atoms. The molecule has 0 spiro atoms. The number of aliphatic hydroxyl groups excluding tert-OH is 1. The summed E-state index contributed by atoms with van der Waals surface area (Å²) in [6.45, 7) is 11.7. The fraction of sp³-hybridized carbons (Fsp3) is 0.941. The Balaban J connectivity index is 1.67. The zero-order valence-electron chi connectivity index (χ0n) is 14.6. The molecule has 5 nitrogen and oxygen atoms in total. The van der Waals surface area contributed by atoms with Crippen LogP contribution in [-0.4, -0.2) is 54.4 Å². The summed E-state index contributed by atoms with van der Waals surface area (Å²) in [6, 6.07) is 0.152. The van der Waals surface area contributed by atoms with E-state index in [0.29, 0.717) is 6.54 Å². The number of nitrogens with zero attached hydrogens (tertiary/aromatic N) is 1. The molecule has 0 aromatic heterocycles. The molecule has 5 heteroatoms. The molecule has 0 radical (unpaired) electrons. The molecule has 3 N–H and O–H groups in total. The molecule has 0 aromatic rings. The largest absolute Gasteiger partial charge is 0.392 e. The fourth-order valence-electron chi connectivity index (χ4n) is 3.33. The molecule has 0 aromatic carbocycles. The summed E-state index contributed by atoms with van der Waals surface area (Å²) in [5.41, 5.74) is -0.320. The number of amides is 2. The van der Waals surface area contributed by atoms with Crippen LogP contribution in [0.1, 0.15) is 47.0 Å². The van der Waals surface area contributed by atoms with Crippen molar-refractivity contribution in [2.75, 3.05) is 26.2 Å². The van der Waals surface area contributed by atoms with Crippen molar-refractivity contribution >= 4 is 6.03 Å².